The summed E-state index contributed by atoms with van der Waals surface area (Å²) in [7, 11) is -3.57. The monoisotopic (exact) mass is 296 g/mol. The maximum atomic E-state index is 12.1. The first kappa shape index (κ1) is 14.5. The average Bonchev–Trinajstić information content (AvgIpc) is 2.89. The molecule has 1 aromatic carbocycles. The number of benzene rings is 1. The summed E-state index contributed by atoms with van der Waals surface area (Å²) in [6.45, 7) is 3.90. The van der Waals surface area contributed by atoms with Crippen molar-refractivity contribution in [1.29, 1.82) is 0 Å². The summed E-state index contributed by atoms with van der Waals surface area (Å²) in [6, 6.07) is 7.86. The van der Waals surface area contributed by atoms with Gasteiger partial charge in [0.05, 0.1) is 23.2 Å². The number of nitrogens with zero attached hydrogens (tertiary/aromatic N) is 1. The molecular formula is C13H16N2O4S. The van der Waals surface area contributed by atoms with Crippen LogP contribution in [0.25, 0.3) is 0 Å². The van der Waals surface area contributed by atoms with Gasteiger partial charge in [0, 0.05) is 6.07 Å². The summed E-state index contributed by atoms with van der Waals surface area (Å²) in [5, 5.41) is 3.64. The Labute approximate surface area is 117 Å². The van der Waals surface area contributed by atoms with E-state index in [2.05, 4.69) is 14.4 Å². The van der Waals surface area contributed by atoms with Gasteiger partial charge in [0.15, 0.2) is 0 Å². The van der Waals surface area contributed by atoms with Crippen LogP contribution in [0, 0.1) is 0 Å². The molecule has 0 amide bonds. The lowest BCUT2D eigenvalue weighted by Gasteiger charge is -2.10. The number of aromatic nitrogens is 1. The van der Waals surface area contributed by atoms with Crippen LogP contribution in [-0.4, -0.2) is 19.7 Å². The first-order chi connectivity index (χ1) is 9.47. The maximum absolute atomic E-state index is 12.1. The summed E-state index contributed by atoms with van der Waals surface area (Å²) < 4.78 is 36.6. The molecule has 1 heterocycles. The van der Waals surface area contributed by atoms with Crippen LogP contribution in [0.5, 0.6) is 5.75 Å². The quantitative estimate of drug-likeness (QED) is 0.881. The molecule has 2 rings (SSSR count). The maximum Gasteiger partial charge on any atom is 0.240 e. The summed E-state index contributed by atoms with van der Waals surface area (Å²) in [5.74, 6) is 0.635. The van der Waals surface area contributed by atoms with E-state index in [4.69, 9.17) is 4.74 Å². The SMILES string of the molecule is CC(C)Oc1ccc(S(=O)(=O)NCc2ccon2)cc1. The fourth-order valence-corrected chi connectivity index (χ4v) is 2.55. The zero-order valence-corrected chi connectivity index (χ0v) is 12.1. The third kappa shape index (κ3) is 3.82. The van der Waals surface area contributed by atoms with Crippen molar-refractivity contribution in [2.75, 3.05) is 0 Å². The molecule has 0 spiro atoms. The van der Waals surface area contributed by atoms with Gasteiger partial charge in [-0.1, -0.05) is 5.16 Å². The van der Waals surface area contributed by atoms with Gasteiger partial charge >= 0.3 is 0 Å². The Morgan fingerprint density at radius 3 is 2.50 bits per heavy atom. The molecule has 20 heavy (non-hydrogen) atoms. The second kappa shape index (κ2) is 6.06. The minimum atomic E-state index is -3.57. The van der Waals surface area contributed by atoms with Gasteiger partial charge in [0.25, 0.3) is 0 Å². The number of rotatable bonds is 6. The highest BCUT2D eigenvalue weighted by molar-refractivity contribution is 7.89. The molecule has 0 bridgehead atoms. The van der Waals surface area contributed by atoms with Crippen LogP contribution in [0.2, 0.25) is 0 Å². The van der Waals surface area contributed by atoms with Crippen LogP contribution in [0.1, 0.15) is 19.5 Å². The number of nitrogens with one attached hydrogen (secondary N) is 1. The van der Waals surface area contributed by atoms with Gasteiger partial charge in [0.1, 0.15) is 12.0 Å². The summed E-state index contributed by atoms with van der Waals surface area (Å²) in [4.78, 5) is 0.178. The first-order valence-electron chi connectivity index (χ1n) is 6.13. The van der Waals surface area contributed by atoms with Crippen molar-refractivity contribution in [3.63, 3.8) is 0 Å². The lowest BCUT2D eigenvalue weighted by atomic mass is 10.3. The lowest BCUT2D eigenvalue weighted by Crippen LogP contribution is -2.23. The summed E-state index contributed by atoms with van der Waals surface area (Å²) in [5.41, 5.74) is 0.522. The van der Waals surface area contributed by atoms with Gasteiger partial charge in [-0.3, -0.25) is 0 Å². The van der Waals surface area contributed by atoms with Crippen molar-refractivity contribution in [3.8, 4) is 5.75 Å². The summed E-state index contributed by atoms with van der Waals surface area (Å²) in [6.07, 6.45) is 1.43. The van der Waals surface area contributed by atoms with Gasteiger partial charge in [-0.05, 0) is 38.1 Å². The highest BCUT2D eigenvalue weighted by Gasteiger charge is 2.14. The average molecular weight is 296 g/mol. The van der Waals surface area contributed by atoms with Crippen LogP contribution >= 0.6 is 0 Å². The largest absolute Gasteiger partial charge is 0.491 e. The predicted octanol–water partition coefficient (Wildman–Crippen LogP) is 1.94. The fraction of sp³-hybridized carbons (Fsp3) is 0.308. The predicted molar refractivity (Wildman–Crippen MR) is 72.7 cm³/mol. The Morgan fingerprint density at radius 1 is 1.25 bits per heavy atom. The van der Waals surface area contributed by atoms with E-state index in [9.17, 15) is 8.42 Å². The Morgan fingerprint density at radius 2 is 1.95 bits per heavy atom. The molecule has 6 nitrogen and oxygen atoms in total. The fourth-order valence-electron chi connectivity index (χ4n) is 1.55. The molecule has 0 aliphatic heterocycles. The zero-order valence-electron chi connectivity index (χ0n) is 11.2. The van der Waals surface area contributed by atoms with E-state index < -0.39 is 10.0 Å². The molecule has 0 fully saturated rings. The molecule has 0 aliphatic carbocycles. The molecule has 0 saturated carbocycles. The zero-order chi connectivity index (χ0) is 14.6. The van der Waals surface area contributed by atoms with Gasteiger partial charge in [-0.25, -0.2) is 13.1 Å². The molecule has 108 valence electrons. The van der Waals surface area contributed by atoms with Gasteiger partial charge in [-0.2, -0.15) is 0 Å². The molecule has 0 aliphatic rings. The molecule has 1 N–H and O–H groups in total. The number of hydrogen-bond donors (Lipinski definition) is 1. The van der Waals surface area contributed by atoms with E-state index in [1.165, 1.54) is 18.4 Å². The van der Waals surface area contributed by atoms with Crippen LogP contribution < -0.4 is 9.46 Å². The lowest BCUT2D eigenvalue weighted by molar-refractivity contribution is 0.242. The van der Waals surface area contributed by atoms with E-state index in [0.29, 0.717) is 11.4 Å². The van der Waals surface area contributed by atoms with Crippen LogP contribution in [-0.2, 0) is 16.6 Å². The van der Waals surface area contributed by atoms with Crippen LogP contribution in [0.15, 0.2) is 46.0 Å². The Bertz CT molecular complexity index is 634. The van der Waals surface area contributed by atoms with E-state index in [1.54, 1.807) is 18.2 Å². The molecule has 1 aromatic heterocycles. The second-order valence-corrected chi connectivity index (χ2v) is 6.22. The standard InChI is InChI=1S/C13H16N2O4S/c1-10(2)19-12-3-5-13(6-4-12)20(16,17)14-9-11-7-8-18-15-11/h3-8,10,14H,9H2,1-2H3. The van der Waals surface area contributed by atoms with Crippen molar-refractivity contribution >= 4 is 10.0 Å². The normalized spacial score (nSPS) is 11.8. The third-order valence-electron chi connectivity index (χ3n) is 2.44. The van der Waals surface area contributed by atoms with Crippen molar-refractivity contribution < 1.29 is 17.7 Å². The molecule has 0 saturated heterocycles. The molecule has 0 radical (unpaired) electrons. The van der Waals surface area contributed by atoms with Gasteiger partial charge in [-0.15, -0.1) is 0 Å². The minimum Gasteiger partial charge on any atom is -0.491 e. The number of ether oxygens (including phenoxy) is 1. The van der Waals surface area contributed by atoms with Gasteiger partial charge < -0.3 is 9.26 Å². The van der Waals surface area contributed by atoms with E-state index in [-0.39, 0.29) is 17.5 Å². The van der Waals surface area contributed by atoms with Crippen molar-refractivity contribution in [2.24, 2.45) is 0 Å². The van der Waals surface area contributed by atoms with E-state index >= 15 is 0 Å². The van der Waals surface area contributed by atoms with Crippen LogP contribution in [0.3, 0.4) is 0 Å². The van der Waals surface area contributed by atoms with Gasteiger partial charge in [0.2, 0.25) is 10.0 Å². The first-order valence-corrected chi connectivity index (χ1v) is 7.61. The summed E-state index contributed by atoms with van der Waals surface area (Å²) >= 11 is 0. The Balaban J connectivity index is 2.05. The van der Waals surface area contributed by atoms with Crippen LogP contribution in [0.4, 0.5) is 0 Å². The number of hydrogen-bond acceptors (Lipinski definition) is 5. The van der Waals surface area contributed by atoms with E-state index in [1.807, 2.05) is 13.8 Å². The third-order valence-corrected chi connectivity index (χ3v) is 3.86. The Hall–Kier alpha value is -1.86. The second-order valence-electron chi connectivity index (χ2n) is 4.45. The molecule has 7 heteroatoms. The highest BCUT2D eigenvalue weighted by Crippen LogP contribution is 2.17. The molecule has 2 aromatic rings. The Kier molecular flexibility index (Phi) is 4.41. The van der Waals surface area contributed by atoms with Crippen molar-refractivity contribution in [3.05, 3.63) is 42.3 Å². The van der Waals surface area contributed by atoms with Crippen molar-refractivity contribution in [2.45, 2.75) is 31.4 Å². The molecular weight excluding hydrogens is 280 g/mol. The molecule has 0 atom stereocenters. The minimum absolute atomic E-state index is 0.0442. The molecule has 0 unspecified atom stereocenters. The topological polar surface area (TPSA) is 81.4 Å². The van der Waals surface area contributed by atoms with Crippen molar-refractivity contribution in [1.82, 2.24) is 9.88 Å². The van der Waals surface area contributed by atoms with E-state index in [0.717, 1.165) is 0 Å². The smallest absolute Gasteiger partial charge is 0.240 e. The number of sulfonamides is 1. The highest BCUT2D eigenvalue weighted by atomic mass is 32.2.